The van der Waals surface area contributed by atoms with Gasteiger partial charge in [0.2, 0.25) is 0 Å². The van der Waals surface area contributed by atoms with Crippen LogP contribution in [0.25, 0.3) is 0 Å². The van der Waals surface area contributed by atoms with Crippen molar-refractivity contribution in [3.05, 3.63) is 0 Å². The molecule has 0 rings (SSSR count). The van der Waals surface area contributed by atoms with Crippen LogP contribution in [0.5, 0.6) is 0 Å². The van der Waals surface area contributed by atoms with Gasteiger partial charge < -0.3 is 5.32 Å². The number of hydrogen-bond acceptors (Lipinski definition) is 2. The van der Waals surface area contributed by atoms with E-state index in [1.807, 2.05) is 0 Å². The van der Waals surface area contributed by atoms with Gasteiger partial charge in [0.15, 0.2) is 0 Å². The van der Waals surface area contributed by atoms with Gasteiger partial charge >= 0.3 is 0 Å². The average Bonchev–Trinajstić information content (AvgIpc) is 1.95. The molecular weight excluding hydrogens is 162 g/mol. The second-order valence-corrected chi connectivity index (χ2v) is 5.07. The van der Waals surface area contributed by atoms with E-state index in [2.05, 4.69) is 39.9 Å². The Hall–Kier alpha value is -0.370. The summed E-state index contributed by atoms with van der Waals surface area (Å²) in [5, 5.41) is 3.20. The molecule has 0 radical (unpaired) electrons. The van der Waals surface area contributed by atoms with Crippen molar-refractivity contribution >= 4 is 5.78 Å². The van der Waals surface area contributed by atoms with Crippen LogP contribution in [0.4, 0.5) is 0 Å². The molecule has 1 N–H and O–H groups in total. The zero-order chi connectivity index (χ0) is 10.5. The molecule has 2 nitrogen and oxygen atoms in total. The highest BCUT2D eigenvalue weighted by atomic mass is 16.1. The van der Waals surface area contributed by atoms with Gasteiger partial charge in [0.1, 0.15) is 5.78 Å². The average molecular weight is 185 g/mol. The van der Waals surface area contributed by atoms with Gasteiger partial charge in [0.25, 0.3) is 0 Å². The highest BCUT2D eigenvalue weighted by Gasteiger charge is 2.11. The summed E-state index contributed by atoms with van der Waals surface area (Å²) in [6, 6.07) is 0. The lowest BCUT2D eigenvalue weighted by molar-refractivity contribution is -0.118. The van der Waals surface area contributed by atoms with Crippen LogP contribution in [0.3, 0.4) is 0 Å². The van der Waals surface area contributed by atoms with E-state index in [-0.39, 0.29) is 5.54 Å². The first-order chi connectivity index (χ1) is 5.81. The first-order valence-electron chi connectivity index (χ1n) is 5.08. The fourth-order valence-electron chi connectivity index (χ4n) is 0.902. The van der Waals surface area contributed by atoms with Gasteiger partial charge in [-0.1, -0.05) is 13.8 Å². The minimum absolute atomic E-state index is 0.0491. The third-order valence-corrected chi connectivity index (χ3v) is 1.82. The van der Waals surface area contributed by atoms with Crippen molar-refractivity contribution in [1.29, 1.82) is 0 Å². The molecule has 0 aliphatic carbocycles. The minimum Gasteiger partial charge on any atom is -0.305 e. The fraction of sp³-hybridized carbons (Fsp3) is 0.909. The molecule has 0 amide bonds. The van der Waals surface area contributed by atoms with E-state index in [4.69, 9.17) is 0 Å². The van der Waals surface area contributed by atoms with Gasteiger partial charge in [-0.15, -0.1) is 0 Å². The highest BCUT2D eigenvalue weighted by Crippen LogP contribution is 2.04. The van der Waals surface area contributed by atoms with Crippen molar-refractivity contribution in [2.24, 2.45) is 5.92 Å². The molecule has 78 valence electrons. The second-order valence-electron chi connectivity index (χ2n) is 5.07. The molecular formula is C11H23NO. The van der Waals surface area contributed by atoms with Gasteiger partial charge in [-0.2, -0.15) is 0 Å². The van der Waals surface area contributed by atoms with Crippen molar-refractivity contribution < 1.29 is 4.79 Å². The Labute approximate surface area is 82.1 Å². The van der Waals surface area contributed by atoms with Crippen molar-refractivity contribution in [2.75, 3.05) is 6.54 Å². The normalized spacial score (nSPS) is 12.2. The molecule has 0 unspecified atom stereocenters. The lowest BCUT2D eigenvalue weighted by Gasteiger charge is -2.19. The molecule has 0 aliphatic rings. The molecule has 0 saturated carbocycles. The third-order valence-electron chi connectivity index (χ3n) is 1.82. The topological polar surface area (TPSA) is 29.1 Å². The minimum atomic E-state index is 0.0491. The quantitative estimate of drug-likeness (QED) is 0.712. The zero-order valence-electron chi connectivity index (χ0n) is 9.61. The van der Waals surface area contributed by atoms with E-state index in [0.717, 1.165) is 6.42 Å². The summed E-state index contributed by atoms with van der Waals surface area (Å²) in [6.45, 7) is 11.0. The maximum absolute atomic E-state index is 11.3. The van der Waals surface area contributed by atoms with Crippen molar-refractivity contribution in [2.45, 2.75) is 53.0 Å². The van der Waals surface area contributed by atoms with Crippen molar-refractivity contribution in [3.63, 3.8) is 0 Å². The van der Waals surface area contributed by atoms with Crippen LogP contribution in [0.1, 0.15) is 47.5 Å². The standard InChI is InChI=1S/C11H23NO/c1-9(2)6-7-10(13)8-12-11(3,4)5/h9,12H,6-8H2,1-5H3. The van der Waals surface area contributed by atoms with Crippen LogP contribution in [0, 0.1) is 5.92 Å². The van der Waals surface area contributed by atoms with Gasteiger partial charge in [-0.05, 0) is 33.1 Å². The maximum atomic E-state index is 11.3. The Kier molecular flexibility index (Phi) is 5.23. The monoisotopic (exact) mass is 185 g/mol. The Morgan fingerprint density at radius 1 is 1.31 bits per heavy atom. The van der Waals surface area contributed by atoms with E-state index in [1.54, 1.807) is 0 Å². The van der Waals surface area contributed by atoms with E-state index in [1.165, 1.54) is 0 Å². The van der Waals surface area contributed by atoms with Gasteiger partial charge in [0, 0.05) is 12.0 Å². The Morgan fingerprint density at radius 2 is 1.85 bits per heavy atom. The van der Waals surface area contributed by atoms with Crippen LogP contribution < -0.4 is 5.32 Å². The van der Waals surface area contributed by atoms with Crippen LogP contribution in [-0.2, 0) is 4.79 Å². The molecule has 0 aromatic heterocycles. The summed E-state index contributed by atoms with van der Waals surface area (Å²) in [7, 11) is 0. The Morgan fingerprint density at radius 3 is 2.23 bits per heavy atom. The first kappa shape index (κ1) is 12.6. The summed E-state index contributed by atoms with van der Waals surface area (Å²) < 4.78 is 0. The molecule has 0 fully saturated rings. The number of rotatable bonds is 5. The molecule has 0 saturated heterocycles. The molecule has 13 heavy (non-hydrogen) atoms. The first-order valence-corrected chi connectivity index (χ1v) is 5.08. The number of carbonyl (C=O) groups is 1. The lowest BCUT2D eigenvalue weighted by Crippen LogP contribution is -2.39. The van der Waals surface area contributed by atoms with Gasteiger partial charge in [0.05, 0.1) is 6.54 Å². The number of hydrogen-bond donors (Lipinski definition) is 1. The van der Waals surface area contributed by atoms with E-state index < -0.39 is 0 Å². The van der Waals surface area contributed by atoms with Crippen LogP contribution in [0.2, 0.25) is 0 Å². The molecule has 0 bridgehead atoms. The predicted octanol–water partition coefficient (Wildman–Crippen LogP) is 2.38. The zero-order valence-corrected chi connectivity index (χ0v) is 9.61. The van der Waals surface area contributed by atoms with Crippen LogP contribution in [-0.4, -0.2) is 17.9 Å². The molecule has 0 aliphatic heterocycles. The number of nitrogens with one attached hydrogen (secondary N) is 1. The van der Waals surface area contributed by atoms with Crippen LogP contribution in [0.15, 0.2) is 0 Å². The van der Waals surface area contributed by atoms with Gasteiger partial charge in [-0.25, -0.2) is 0 Å². The second kappa shape index (κ2) is 5.38. The van der Waals surface area contributed by atoms with Gasteiger partial charge in [-0.3, -0.25) is 4.79 Å². The summed E-state index contributed by atoms with van der Waals surface area (Å²) in [5.74, 6) is 0.946. The third kappa shape index (κ3) is 9.54. The Balaban J connectivity index is 3.53. The largest absolute Gasteiger partial charge is 0.305 e. The molecule has 0 aromatic carbocycles. The van der Waals surface area contributed by atoms with Crippen molar-refractivity contribution in [3.8, 4) is 0 Å². The molecule has 0 heterocycles. The molecule has 0 aromatic rings. The fourth-order valence-corrected chi connectivity index (χ4v) is 0.902. The number of ketones is 1. The van der Waals surface area contributed by atoms with E-state index >= 15 is 0 Å². The molecule has 2 heteroatoms. The highest BCUT2D eigenvalue weighted by molar-refractivity contribution is 5.80. The van der Waals surface area contributed by atoms with Crippen molar-refractivity contribution in [1.82, 2.24) is 5.32 Å². The van der Waals surface area contributed by atoms with E-state index in [9.17, 15) is 4.79 Å². The van der Waals surface area contributed by atoms with E-state index in [0.29, 0.717) is 24.7 Å². The summed E-state index contributed by atoms with van der Waals surface area (Å²) >= 11 is 0. The number of carbonyl (C=O) groups excluding carboxylic acids is 1. The molecule has 0 atom stereocenters. The summed E-state index contributed by atoms with van der Waals surface area (Å²) in [5.41, 5.74) is 0.0491. The van der Waals surface area contributed by atoms with Crippen LogP contribution >= 0.6 is 0 Å². The summed E-state index contributed by atoms with van der Waals surface area (Å²) in [4.78, 5) is 11.3. The summed E-state index contributed by atoms with van der Waals surface area (Å²) in [6.07, 6.45) is 1.71. The smallest absolute Gasteiger partial charge is 0.146 e. The number of Topliss-reactive ketones (excluding diaryl/α,β-unsaturated/α-hetero) is 1. The maximum Gasteiger partial charge on any atom is 0.146 e. The predicted molar refractivity (Wildman–Crippen MR) is 56.8 cm³/mol. The SMILES string of the molecule is CC(C)CCC(=O)CNC(C)(C)C. The lowest BCUT2D eigenvalue weighted by atomic mass is 10.0. The Bertz CT molecular complexity index is 156. The molecule has 0 spiro atoms.